The molecule has 2 N–H and O–H groups in total. The average Bonchev–Trinajstić information content (AvgIpc) is 2.08. The highest BCUT2D eigenvalue weighted by molar-refractivity contribution is 6.00. The zero-order chi connectivity index (χ0) is 11.8. The second-order valence-electron chi connectivity index (χ2n) is 4.08. The van der Waals surface area contributed by atoms with E-state index < -0.39 is 23.4 Å². The molecule has 0 radical (unpaired) electrons. The van der Waals surface area contributed by atoms with E-state index in [2.05, 4.69) is 4.99 Å². The molecule has 1 rings (SSSR count). The lowest BCUT2D eigenvalue weighted by Gasteiger charge is -2.28. The average molecular weight is 211 g/mol. The zero-order valence-corrected chi connectivity index (χ0v) is 8.81. The first-order valence-electron chi connectivity index (χ1n) is 4.49. The Morgan fingerprint density at radius 3 is 2.33 bits per heavy atom. The van der Waals surface area contributed by atoms with Crippen LogP contribution in [-0.2, 0) is 9.59 Å². The summed E-state index contributed by atoms with van der Waals surface area (Å²) < 4.78 is 0. The molecule has 0 fully saturated rings. The van der Waals surface area contributed by atoms with Crippen LogP contribution in [0.1, 0.15) is 20.8 Å². The van der Waals surface area contributed by atoms with Crippen LogP contribution in [0.4, 0.5) is 0 Å². The highest BCUT2D eigenvalue weighted by Crippen LogP contribution is 2.32. The van der Waals surface area contributed by atoms with Gasteiger partial charge in [0.05, 0.1) is 5.57 Å². The Labute approximate surface area is 87.1 Å². The molecule has 0 aliphatic carbocycles. The van der Waals surface area contributed by atoms with Crippen LogP contribution in [0.5, 0.6) is 0 Å². The van der Waals surface area contributed by atoms with Crippen LogP contribution in [0.3, 0.4) is 0 Å². The fraction of sp³-hybridized carbons (Fsp3) is 0.500. The molecule has 1 aliphatic rings. The molecule has 0 aromatic rings. The lowest BCUT2D eigenvalue weighted by Crippen LogP contribution is -2.34. The fourth-order valence-corrected chi connectivity index (χ4v) is 1.45. The standard InChI is InChI=1S/C10H13NO4/c1-5-6(8(12)13)7(9(14)15)11-4-10(5,2)3/h4,7H,1-3H3,(H,12,13)(H,14,15). The maximum absolute atomic E-state index is 11.0. The van der Waals surface area contributed by atoms with Gasteiger partial charge in [-0.15, -0.1) is 0 Å². The van der Waals surface area contributed by atoms with Gasteiger partial charge in [-0.1, -0.05) is 13.8 Å². The molecule has 1 unspecified atom stereocenters. The molecule has 1 aliphatic heterocycles. The van der Waals surface area contributed by atoms with E-state index in [1.165, 1.54) is 6.21 Å². The molecular formula is C10H13NO4. The summed E-state index contributed by atoms with van der Waals surface area (Å²) in [4.78, 5) is 25.6. The lowest BCUT2D eigenvalue weighted by atomic mass is 9.79. The molecule has 5 nitrogen and oxygen atoms in total. The van der Waals surface area contributed by atoms with E-state index in [9.17, 15) is 9.59 Å². The first-order chi connectivity index (χ1) is 6.77. The Morgan fingerprint density at radius 1 is 1.40 bits per heavy atom. The smallest absolute Gasteiger partial charge is 0.334 e. The SMILES string of the molecule is CC1=C(C(=O)O)C(C(=O)O)N=CC1(C)C. The third kappa shape index (κ3) is 1.91. The highest BCUT2D eigenvalue weighted by atomic mass is 16.4. The molecule has 0 saturated carbocycles. The largest absolute Gasteiger partial charge is 0.479 e. The Hall–Kier alpha value is -1.65. The third-order valence-corrected chi connectivity index (χ3v) is 2.65. The zero-order valence-electron chi connectivity index (χ0n) is 8.81. The minimum absolute atomic E-state index is 0.130. The van der Waals surface area contributed by atoms with Crippen molar-refractivity contribution in [1.82, 2.24) is 0 Å². The summed E-state index contributed by atoms with van der Waals surface area (Å²) in [6.45, 7) is 5.23. The van der Waals surface area contributed by atoms with Crippen LogP contribution in [0.15, 0.2) is 16.1 Å². The number of carboxylic acids is 2. The third-order valence-electron chi connectivity index (χ3n) is 2.65. The van der Waals surface area contributed by atoms with Gasteiger partial charge in [-0.05, 0) is 12.5 Å². The van der Waals surface area contributed by atoms with Gasteiger partial charge in [0.2, 0.25) is 0 Å². The number of allylic oxidation sites excluding steroid dienone is 1. The van der Waals surface area contributed by atoms with Gasteiger partial charge in [0, 0.05) is 11.6 Å². The van der Waals surface area contributed by atoms with Gasteiger partial charge in [0.15, 0.2) is 6.04 Å². The maximum atomic E-state index is 11.0. The van der Waals surface area contributed by atoms with Crippen molar-refractivity contribution in [3.8, 4) is 0 Å². The second kappa shape index (κ2) is 3.49. The number of aliphatic carboxylic acids is 2. The van der Waals surface area contributed by atoms with Crippen LogP contribution in [-0.4, -0.2) is 34.4 Å². The molecule has 0 bridgehead atoms. The van der Waals surface area contributed by atoms with Crippen LogP contribution >= 0.6 is 0 Å². The fourth-order valence-electron chi connectivity index (χ4n) is 1.45. The van der Waals surface area contributed by atoms with E-state index in [-0.39, 0.29) is 5.57 Å². The number of dihydropyridines is 1. The number of hydrogen-bond acceptors (Lipinski definition) is 3. The molecule has 0 spiro atoms. The van der Waals surface area contributed by atoms with Crippen molar-refractivity contribution in [2.45, 2.75) is 26.8 Å². The minimum Gasteiger partial charge on any atom is -0.479 e. The van der Waals surface area contributed by atoms with E-state index in [0.717, 1.165) is 0 Å². The van der Waals surface area contributed by atoms with Crippen molar-refractivity contribution in [3.05, 3.63) is 11.1 Å². The Balaban J connectivity index is 3.30. The van der Waals surface area contributed by atoms with E-state index in [1.54, 1.807) is 20.8 Å². The number of aliphatic imine (C=N–C) groups is 1. The van der Waals surface area contributed by atoms with Crippen molar-refractivity contribution >= 4 is 18.2 Å². The summed E-state index contributed by atoms with van der Waals surface area (Å²) in [7, 11) is 0. The first kappa shape index (κ1) is 11.4. The molecule has 5 heteroatoms. The number of rotatable bonds is 2. The molecular weight excluding hydrogens is 198 g/mol. The van der Waals surface area contributed by atoms with Crippen molar-refractivity contribution in [1.29, 1.82) is 0 Å². The molecule has 0 aromatic heterocycles. The van der Waals surface area contributed by atoms with Crippen molar-refractivity contribution in [3.63, 3.8) is 0 Å². The summed E-state index contributed by atoms with van der Waals surface area (Å²) in [6.07, 6.45) is 1.49. The topological polar surface area (TPSA) is 87.0 Å². The lowest BCUT2D eigenvalue weighted by molar-refractivity contribution is -0.141. The number of nitrogens with zero attached hydrogens (tertiary/aromatic N) is 1. The normalized spacial score (nSPS) is 24.1. The molecule has 1 atom stereocenters. The quantitative estimate of drug-likeness (QED) is 0.711. The van der Waals surface area contributed by atoms with Crippen molar-refractivity contribution < 1.29 is 19.8 Å². The monoisotopic (exact) mass is 211 g/mol. The van der Waals surface area contributed by atoms with Crippen LogP contribution in [0, 0.1) is 5.41 Å². The van der Waals surface area contributed by atoms with Gasteiger partial charge < -0.3 is 10.2 Å². The molecule has 1 heterocycles. The van der Waals surface area contributed by atoms with E-state index in [4.69, 9.17) is 10.2 Å². The van der Waals surface area contributed by atoms with Gasteiger partial charge in [0.1, 0.15) is 0 Å². The summed E-state index contributed by atoms with van der Waals surface area (Å²) >= 11 is 0. The minimum atomic E-state index is -1.28. The number of hydrogen-bond donors (Lipinski definition) is 2. The summed E-state index contributed by atoms with van der Waals surface area (Å²) in [5.41, 5.74) is -0.0907. The van der Waals surface area contributed by atoms with Crippen LogP contribution in [0.2, 0.25) is 0 Å². The molecule has 82 valence electrons. The van der Waals surface area contributed by atoms with E-state index in [1.807, 2.05) is 0 Å². The summed E-state index contributed by atoms with van der Waals surface area (Å²) in [6, 6.07) is -1.28. The molecule has 0 saturated heterocycles. The predicted octanol–water partition coefficient (Wildman–Crippen LogP) is 0.951. The second-order valence-corrected chi connectivity index (χ2v) is 4.08. The molecule has 15 heavy (non-hydrogen) atoms. The van der Waals surface area contributed by atoms with Gasteiger partial charge in [0.25, 0.3) is 0 Å². The molecule has 0 aromatic carbocycles. The Morgan fingerprint density at radius 2 is 1.93 bits per heavy atom. The van der Waals surface area contributed by atoms with Gasteiger partial charge in [-0.25, -0.2) is 9.59 Å². The van der Waals surface area contributed by atoms with Gasteiger partial charge >= 0.3 is 11.9 Å². The van der Waals surface area contributed by atoms with Crippen LogP contribution < -0.4 is 0 Å². The first-order valence-corrected chi connectivity index (χ1v) is 4.49. The Kier molecular flexibility index (Phi) is 2.66. The van der Waals surface area contributed by atoms with E-state index in [0.29, 0.717) is 5.57 Å². The van der Waals surface area contributed by atoms with Gasteiger partial charge in [-0.2, -0.15) is 0 Å². The van der Waals surface area contributed by atoms with Gasteiger partial charge in [-0.3, -0.25) is 4.99 Å². The van der Waals surface area contributed by atoms with Crippen LogP contribution in [0.25, 0.3) is 0 Å². The predicted molar refractivity (Wildman–Crippen MR) is 54.0 cm³/mol. The van der Waals surface area contributed by atoms with Crippen molar-refractivity contribution in [2.24, 2.45) is 10.4 Å². The van der Waals surface area contributed by atoms with E-state index >= 15 is 0 Å². The summed E-state index contributed by atoms with van der Waals surface area (Å²) in [5, 5.41) is 17.8. The Bertz CT molecular complexity index is 379. The highest BCUT2D eigenvalue weighted by Gasteiger charge is 2.36. The summed E-state index contributed by atoms with van der Waals surface area (Å²) in [5.74, 6) is -2.46. The van der Waals surface area contributed by atoms with Crippen molar-refractivity contribution in [2.75, 3.05) is 0 Å². The number of carbonyl (C=O) groups is 2. The molecule has 0 amide bonds. The maximum Gasteiger partial charge on any atom is 0.334 e. The number of carboxylic acid groups (broad SMARTS) is 2.